The van der Waals surface area contributed by atoms with E-state index in [1.165, 1.54) is 0 Å². The van der Waals surface area contributed by atoms with E-state index in [4.69, 9.17) is 16.8 Å². The first kappa shape index (κ1) is 12.6. The Kier molecular flexibility index (Phi) is 3.58. The maximum absolute atomic E-state index is 13.1. The van der Waals surface area contributed by atoms with Gasteiger partial charge in [0.05, 0.1) is 5.56 Å². The summed E-state index contributed by atoms with van der Waals surface area (Å²) < 4.78 is 51.9. The van der Waals surface area contributed by atoms with Gasteiger partial charge < -0.3 is 9.94 Å². The molecule has 0 radical (unpaired) electrons. The lowest BCUT2D eigenvalue weighted by Crippen LogP contribution is -2.17. The minimum absolute atomic E-state index is 0.335. The van der Waals surface area contributed by atoms with Gasteiger partial charge in [-0.15, -0.1) is 13.2 Å². The summed E-state index contributed by atoms with van der Waals surface area (Å²) in [7, 11) is 0. The Morgan fingerprint density at radius 3 is 2.44 bits per heavy atom. The molecule has 3 nitrogen and oxygen atoms in total. The second kappa shape index (κ2) is 4.56. The lowest BCUT2D eigenvalue weighted by Gasteiger charge is -2.09. The molecule has 0 aliphatic heterocycles. The summed E-state index contributed by atoms with van der Waals surface area (Å²) in [5, 5.41) is 10.2. The molecule has 0 fully saturated rings. The van der Waals surface area contributed by atoms with Crippen molar-refractivity contribution in [1.29, 1.82) is 0 Å². The van der Waals surface area contributed by atoms with Gasteiger partial charge in [-0.3, -0.25) is 0 Å². The lowest BCUT2D eigenvalue weighted by molar-refractivity contribution is -0.274. The largest absolute Gasteiger partial charge is 0.573 e. The Morgan fingerprint density at radius 1 is 1.38 bits per heavy atom. The predicted molar refractivity (Wildman–Crippen MR) is 47.3 cm³/mol. The first-order valence-corrected chi connectivity index (χ1v) is 4.14. The second-order valence-corrected chi connectivity index (χ2v) is 2.94. The zero-order valence-electron chi connectivity index (χ0n) is 7.42. The molecule has 0 saturated carbocycles. The van der Waals surface area contributed by atoms with Crippen LogP contribution in [0.15, 0.2) is 23.4 Å². The number of alkyl halides is 3. The van der Waals surface area contributed by atoms with E-state index in [0.29, 0.717) is 6.07 Å². The van der Waals surface area contributed by atoms with Crippen molar-refractivity contribution in [3.05, 3.63) is 29.6 Å². The van der Waals surface area contributed by atoms with Gasteiger partial charge in [-0.1, -0.05) is 16.8 Å². The molecule has 1 aromatic rings. The first-order valence-electron chi connectivity index (χ1n) is 3.76. The van der Waals surface area contributed by atoms with Gasteiger partial charge in [0.25, 0.3) is 0 Å². The molecule has 1 aromatic carbocycles. The zero-order valence-corrected chi connectivity index (χ0v) is 8.18. The Balaban J connectivity index is 3.00. The van der Waals surface area contributed by atoms with E-state index in [9.17, 15) is 17.6 Å². The molecule has 0 bridgehead atoms. The topological polar surface area (TPSA) is 41.8 Å². The SMILES string of the molecule is O/N=C(/Cl)c1ccc(OC(F)(F)F)cc1F. The fraction of sp³-hybridized carbons (Fsp3) is 0.125. The van der Waals surface area contributed by atoms with Gasteiger partial charge in [0.1, 0.15) is 11.6 Å². The van der Waals surface area contributed by atoms with E-state index in [-0.39, 0.29) is 5.56 Å². The van der Waals surface area contributed by atoms with Crippen LogP contribution < -0.4 is 4.74 Å². The van der Waals surface area contributed by atoms with Gasteiger partial charge in [-0.25, -0.2) is 4.39 Å². The number of hydrogen-bond acceptors (Lipinski definition) is 3. The predicted octanol–water partition coefficient (Wildman–Crippen LogP) is 3.10. The van der Waals surface area contributed by atoms with E-state index in [1.807, 2.05) is 0 Å². The Hall–Kier alpha value is -1.50. The molecule has 0 aliphatic carbocycles. The molecule has 0 unspecified atom stereocenters. The van der Waals surface area contributed by atoms with Crippen molar-refractivity contribution in [1.82, 2.24) is 0 Å². The fourth-order valence-corrected chi connectivity index (χ4v) is 1.07. The molecule has 1 rings (SSSR count). The quantitative estimate of drug-likeness (QED) is 0.383. The average molecular weight is 258 g/mol. The van der Waals surface area contributed by atoms with Crippen LogP contribution in [0.5, 0.6) is 5.75 Å². The standard InChI is InChI=1S/C8H4ClF4NO2/c9-7(14-15)5-2-1-4(3-6(5)10)16-8(11,12)13/h1-3,15H/b14-7+. The van der Waals surface area contributed by atoms with Gasteiger partial charge in [-0.2, -0.15) is 0 Å². The first-order chi connectivity index (χ1) is 7.33. The molecular formula is C8H4ClF4NO2. The fourth-order valence-electron chi connectivity index (χ4n) is 0.914. The average Bonchev–Trinajstić information content (AvgIpc) is 2.14. The lowest BCUT2D eigenvalue weighted by atomic mass is 10.2. The monoisotopic (exact) mass is 257 g/mol. The summed E-state index contributed by atoms with van der Waals surface area (Å²) in [5.74, 6) is -1.82. The van der Waals surface area contributed by atoms with Crippen LogP contribution in [0.2, 0.25) is 0 Å². The highest BCUT2D eigenvalue weighted by atomic mass is 35.5. The van der Waals surface area contributed by atoms with Gasteiger partial charge in [-0.05, 0) is 12.1 Å². The normalized spacial score (nSPS) is 12.7. The molecular weight excluding hydrogens is 254 g/mol. The molecule has 0 spiro atoms. The summed E-state index contributed by atoms with van der Waals surface area (Å²) in [6, 6.07) is 2.23. The summed E-state index contributed by atoms with van der Waals surface area (Å²) in [6.45, 7) is 0. The number of rotatable bonds is 2. The molecule has 1 N–H and O–H groups in total. The van der Waals surface area contributed by atoms with Gasteiger partial charge in [0.2, 0.25) is 0 Å². The van der Waals surface area contributed by atoms with Gasteiger partial charge in [0, 0.05) is 6.07 Å². The van der Waals surface area contributed by atoms with E-state index in [0.717, 1.165) is 12.1 Å². The molecule has 0 heterocycles. The van der Waals surface area contributed by atoms with E-state index < -0.39 is 23.1 Å². The molecule has 0 amide bonds. The minimum atomic E-state index is -4.90. The molecule has 8 heteroatoms. The molecule has 88 valence electrons. The molecule has 16 heavy (non-hydrogen) atoms. The molecule has 0 aromatic heterocycles. The van der Waals surface area contributed by atoms with Crippen molar-refractivity contribution in [3.8, 4) is 5.75 Å². The van der Waals surface area contributed by atoms with Crippen molar-refractivity contribution >= 4 is 16.8 Å². The van der Waals surface area contributed by atoms with Crippen molar-refractivity contribution < 1.29 is 27.5 Å². The molecule has 0 saturated heterocycles. The van der Waals surface area contributed by atoms with Crippen LogP contribution in [-0.2, 0) is 0 Å². The van der Waals surface area contributed by atoms with Crippen LogP contribution >= 0.6 is 11.6 Å². The summed E-state index contributed by atoms with van der Waals surface area (Å²) in [4.78, 5) is 0. The maximum Gasteiger partial charge on any atom is 0.573 e. The third-order valence-electron chi connectivity index (χ3n) is 1.48. The van der Waals surface area contributed by atoms with E-state index in [1.54, 1.807) is 0 Å². The number of ether oxygens (including phenoxy) is 1. The number of halogens is 5. The van der Waals surface area contributed by atoms with E-state index >= 15 is 0 Å². The summed E-state index contributed by atoms with van der Waals surface area (Å²) in [6.07, 6.45) is -4.90. The highest BCUT2D eigenvalue weighted by Gasteiger charge is 2.31. The van der Waals surface area contributed by atoms with Crippen molar-refractivity contribution in [2.45, 2.75) is 6.36 Å². The highest BCUT2D eigenvalue weighted by molar-refractivity contribution is 6.69. The summed E-state index contributed by atoms with van der Waals surface area (Å²) in [5.41, 5.74) is -0.335. The third-order valence-corrected chi connectivity index (χ3v) is 1.76. The van der Waals surface area contributed by atoms with Crippen LogP contribution in [-0.4, -0.2) is 16.7 Å². The number of benzene rings is 1. The van der Waals surface area contributed by atoms with Crippen molar-refractivity contribution in [2.24, 2.45) is 5.16 Å². The Bertz CT molecular complexity index is 419. The molecule has 0 aliphatic rings. The van der Waals surface area contributed by atoms with Crippen molar-refractivity contribution in [3.63, 3.8) is 0 Å². The second-order valence-electron chi connectivity index (χ2n) is 2.58. The van der Waals surface area contributed by atoms with Crippen LogP contribution in [0.3, 0.4) is 0 Å². The maximum atomic E-state index is 13.1. The number of hydrogen-bond donors (Lipinski definition) is 1. The van der Waals surface area contributed by atoms with E-state index in [2.05, 4.69) is 9.89 Å². The number of oxime groups is 1. The van der Waals surface area contributed by atoms with Crippen LogP contribution in [0.1, 0.15) is 5.56 Å². The van der Waals surface area contributed by atoms with Crippen LogP contribution in [0, 0.1) is 5.82 Å². The van der Waals surface area contributed by atoms with Crippen LogP contribution in [0.25, 0.3) is 0 Å². The van der Waals surface area contributed by atoms with Crippen molar-refractivity contribution in [2.75, 3.05) is 0 Å². The van der Waals surface area contributed by atoms with Gasteiger partial charge >= 0.3 is 6.36 Å². The smallest absolute Gasteiger partial charge is 0.410 e. The van der Waals surface area contributed by atoms with Gasteiger partial charge in [0.15, 0.2) is 5.17 Å². The summed E-state index contributed by atoms with van der Waals surface area (Å²) >= 11 is 5.28. The molecule has 0 atom stereocenters. The van der Waals surface area contributed by atoms with Crippen LogP contribution in [0.4, 0.5) is 17.6 Å². The Labute approximate surface area is 91.9 Å². The highest BCUT2D eigenvalue weighted by Crippen LogP contribution is 2.25. The number of nitrogens with zero attached hydrogens (tertiary/aromatic N) is 1. The zero-order chi connectivity index (χ0) is 12.3. The third kappa shape index (κ3) is 3.27. The Morgan fingerprint density at radius 2 is 2.00 bits per heavy atom. The minimum Gasteiger partial charge on any atom is -0.410 e.